The van der Waals surface area contributed by atoms with Crippen LogP contribution in [0.4, 0.5) is 22.7 Å². The summed E-state index contributed by atoms with van der Waals surface area (Å²) in [5.41, 5.74) is -0.804. The van der Waals surface area contributed by atoms with Crippen LogP contribution in [0.1, 0.15) is 37.1 Å². The highest BCUT2D eigenvalue weighted by molar-refractivity contribution is 7.16. The topological polar surface area (TPSA) is 45.2 Å². The molecule has 146 valence electrons. The van der Waals surface area contributed by atoms with E-state index in [9.17, 15) is 22.4 Å². The molecule has 1 aliphatic rings. The average Bonchev–Trinajstić information content (AvgIpc) is 3.13. The number of carbonyl (C=O) groups excluding carboxylic acids is 1. The van der Waals surface area contributed by atoms with Gasteiger partial charge in [0, 0.05) is 30.0 Å². The molecule has 0 radical (unpaired) electrons. The Balaban J connectivity index is 2.02. The van der Waals surface area contributed by atoms with Crippen LogP contribution >= 0.6 is 11.3 Å². The zero-order valence-corrected chi connectivity index (χ0v) is 15.7. The van der Waals surface area contributed by atoms with Crippen molar-refractivity contribution in [3.63, 3.8) is 0 Å². The first kappa shape index (κ1) is 19.8. The Labute approximate surface area is 158 Å². The number of alkyl halides is 3. The first-order valence-corrected chi connectivity index (χ1v) is 9.35. The fourth-order valence-electron chi connectivity index (χ4n) is 3.19. The zero-order chi connectivity index (χ0) is 19.8. The molecule has 3 rings (SSSR count). The molecule has 1 aliphatic heterocycles. The number of likely N-dealkylation sites (tertiary alicyclic amines) is 1. The molecule has 1 aromatic heterocycles. The van der Waals surface area contributed by atoms with Crippen LogP contribution in [-0.2, 0) is 17.5 Å². The Morgan fingerprint density at radius 2 is 2.15 bits per heavy atom. The number of nitrogens with one attached hydrogen (secondary N) is 1. The van der Waals surface area contributed by atoms with Crippen LogP contribution in [0.3, 0.4) is 0 Å². The predicted molar refractivity (Wildman–Crippen MR) is 95.9 cm³/mol. The zero-order valence-electron chi connectivity index (χ0n) is 14.9. The van der Waals surface area contributed by atoms with E-state index in [1.165, 1.54) is 24.3 Å². The van der Waals surface area contributed by atoms with E-state index < -0.39 is 17.6 Å². The lowest BCUT2D eigenvalue weighted by Crippen LogP contribution is -2.25. The van der Waals surface area contributed by atoms with Crippen molar-refractivity contribution in [2.24, 2.45) is 0 Å². The minimum Gasteiger partial charge on any atom is -0.302 e. The molecule has 27 heavy (non-hydrogen) atoms. The molecule has 1 atom stereocenters. The Hall–Kier alpha value is -2.00. The van der Waals surface area contributed by atoms with Gasteiger partial charge in [0.1, 0.15) is 5.82 Å². The molecule has 2 aromatic rings. The van der Waals surface area contributed by atoms with Gasteiger partial charge in [-0.3, -0.25) is 9.69 Å². The Bertz CT molecular complexity index is 850. The number of thiazole rings is 1. The molecule has 0 spiro atoms. The van der Waals surface area contributed by atoms with Crippen molar-refractivity contribution in [2.45, 2.75) is 45.5 Å². The summed E-state index contributed by atoms with van der Waals surface area (Å²) in [5.74, 6) is -1.63. The predicted octanol–water partition coefficient (Wildman–Crippen LogP) is 4.91. The van der Waals surface area contributed by atoms with Gasteiger partial charge in [0.15, 0.2) is 5.13 Å². The number of hydrogen-bond donors (Lipinski definition) is 1. The summed E-state index contributed by atoms with van der Waals surface area (Å²) in [4.78, 5) is 18.6. The van der Waals surface area contributed by atoms with E-state index in [1.807, 2.05) is 0 Å². The second-order valence-corrected chi connectivity index (χ2v) is 7.71. The van der Waals surface area contributed by atoms with Gasteiger partial charge in [0.25, 0.3) is 0 Å². The molecule has 1 aromatic carbocycles. The molecule has 4 nitrogen and oxygen atoms in total. The third-order valence-electron chi connectivity index (χ3n) is 4.56. The Morgan fingerprint density at radius 3 is 2.74 bits per heavy atom. The van der Waals surface area contributed by atoms with Crippen LogP contribution in [0.25, 0.3) is 11.3 Å². The lowest BCUT2D eigenvalue weighted by molar-refractivity contribution is -0.139. The summed E-state index contributed by atoms with van der Waals surface area (Å²) in [6.45, 7) is 4.85. The number of nitrogens with zero attached hydrogens (tertiary/aromatic N) is 2. The van der Waals surface area contributed by atoms with Crippen LogP contribution in [-0.4, -0.2) is 28.4 Å². The number of benzene rings is 1. The summed E-state index contributed by atoms with van der Waals surface area (Å²) >= 11 is 1.23. The summed E-state index contributed by atoms with van der Waals surface area (Å²) in [5, 5.41) is 2.90. The molecule has 1 amide bonds. The van der Waals surface area contributed by atoms with Crippen molar-refractivity contribution in [2.75, 3.05) is 11.9 Å². The number of carbonyl (C=O) groups is 1. The number of aromatic nitrogens is 1. The highest BCUT2D eigenvalue weighted by Crippen LogP contribution is 2.38. The number of halogens is 4. The SMILES string of the molecule is CC(=O)Nc1nc(-c2ccc(F)c(C(F)(F)F)c2)c(CN2CCC[C@H]2C)s1. The van der Waals surface area contributed by atoms with Gasteiger partial charge >= 0.3 is 6.18 Å². The van der Waals surface area contributed by atoms with E-state index in [4.69, 9.17) is 0 Å². The quantitative estimate of drug-likeness (QED) is 0.741. The second kappa shape index (κ2) is 7.55. The minimum absolute atomic E-state index is 0.179. The minimum atomic E-state index is -4.79. The Kier molecular flexibility index (Phi) is 5.53. The van der Waals surface area contributed by atoms with Gasteiger partial charge in [-0.1, -0.05) is 11.3 Å². The summed E-state index contributed by atoms with van der Waals surface area (Å²) in [7, 11) is 0. The van der Waals surface area contributed by atoms with Gasteiger partial charge in [-0.05, 0) is 44.5 Å². The molecule has 1 fully saturated rings. The van der Waals surface area contributed by atoms with E-state index in [0.717, 1.165) is 36.4 Å². The molecule has 2 heterocycles. The maximum Gasteiger partial charge on any atom is 0.419 e. The number of amides is 1. The van der Waals surface area contributed by atoms with Gasteiger partial charge < -0.3 is 5.32 Å². The van der Waals surface area contributed by atoms with E-state index in [2.05, 4.69) is 22.1 Å². The fourth-order valence-corrected chi connectivity index (χ4v) is 4.25. The maximum atomic E-state index is 13.6. The molecule has 1 saturated heterocycles. The molecule has 0 bridgehead atoms. The molecule has 1 N–H and O–H groups in total. The van der Waals surface area contributed by atoms with Gasteiger partial charge in [0.2, 0.25) is 5.91 Å². The number of hydrogen-bond acceptors (Lipinski definition) is 4. The summed E-state index contributed by atoms with van der Waals surface area (Å²) < 4.78 is 52.9. The van der Waals surface area contributed by atoms with E-state index in [-0.39, 0.29) is 11.5 Å². The smallest absolute Gasteiger partial charge is 0.302 e. The van der Waals surface area contributed by atoms with Gasteiger partial charge in [0.05, 0.1) is 11.3 Å². The largest absolute Gasteiger partial charge is 0.419 e. The third-order valence-corrected chi connectivity index (χ3v) is 5.52. The molecular weight excluding hydrogens is 382 g/mol. The van der Waals surface area contributed by atoms with Crippen molar-refractivity contribution in [1.29, 1.82) is 0 Å². The van der Waals surface area contributed by atoms with Gasteiger partial charge in [-0.25, -0.2) is 9.37 Å². The average molecular weight is 401 g/mol. The van der Waals surface area contributed by atoms with Crippen LogP contribution in [0.15, 0.2) is 18.2 Å². The van der Waals surface area contributed by atoms with Crippen LogP contribution in [0.2, 0.25) is 0 Å². The van der Waals surface area contributed by atoms with Crippen LogP contribution in [0.5, 0.6) is 0 Å². The molecular formula is C18H19F4N3OS. The maximum absolute atomic E-state index is 13.6. The second-order valence-electron chi connectivity index (χ2n) is 6.63. The standard InChI is InChI=1S/C18H19F4N3OS/c1-10-4-3-7-25(10)9-15-16(24-17(27-15)23-11(2)26)12-5-6-14(19)13(8-12)18(20,21)22/h5-6,8,10H,3-4,7,9H2,1-2H3,(H,23,24,26)/t10-/m1/s1. The van der Waals surface area contributed by atoms with Crippen molar-refractivity contribution in [3.8, 4) is 11.3 Å². The van der Waals surface area contributed by atoms with Crippen molar-refractivity contribution in [1.82, 2.24) is 9.88 Å². The van der Waals surface area contributed by atoms with Gasteiger partial charge in [-0.2, -0.15) is 13.2 Å². The van der Waals surface area contributed by atoms with Crippen molar-refractivity contribution < 1.29 is 22.4 Å². The van der Waals surface area contributed by atoms with Gasteiger partial charge in [-0.15, -0.1) is 0 Å². The summed E-state index contributed by atoms with van der Waals surface area (Å²) in [6.07, 6.45) is -2.68. The normalized spacial score (nSPS) is 18.1. The lowest BCUT2D eigenvalue weighted by Gasteiger charge is -2.20. The third kappa shape index (κ3) is 4.47. The Morgan fingerprint density at radius 1 is 1.41 bits per heavy atom. The van der Waals surface area contributed by atoms with E-state index in [1.54, 1.807) is 0 Å². The number of rotatable bonds is 4. The number of anilines is 1. The molecule has 9 heteroatoms. The summed E-state index contributed by atoms with van der Waals surface area (Å²) in [6, 6.07) is 3.23. The van der Waals surface area contributed by atoms with Crippen LogP contribution < -0.4 is 5.32 Å². The fraction of sp³-hybridized carbons (Fsp3) is 0.444. The van der Waals surface area contributed by atoms with Crippen molar-refractivity contribution >= 4 is 22.4 Å². The van der Waals surface area contributed by atoms with Crippen molar-refractivity contribution in [3.05, 3.63) is 34.5 Å². The van der Waals surface area contributed by atoms with E-state index >= 15 is 0 Å². The van der Waals surface area contributed by atoms with E-state index in [0.29, 0.717) is 23.4 Å². The lowest BCUT2D eigenvalue weighted by atomic mass is 10.1. The molecule has 0 aliphatic carbocycles. The molecule has 0 saturated carbocycles. The molecule has 0 unspecified atom stereocenters. The monoisotopic (exact) mass is 401 g/mol. The first-order chi connectivity index (χ1) is 12.6. The highest BCUT2D eigenvalue weighted by atomic mass is 32.1. The highest BCUT2D eigenvalue weighted by Gasteiger charge is 2.35. The first-order valence-electron chi connectivity index (χ1n) is 8.53. The van der Waals surface area contributed by atoms with Crippen LogP contribution in [0, 0.1) is 5.82 Å².